The molecule has 230 valence electrons. The molecule has 0 saturated heterocycles. The van der Waals surface area contributed by atoms with Crippen molar-refractivity contribution < 1.29 is 31.8 Å². The van der Waals surface area contributed by atoms with E-state index in [1.54, 1.807) is 6.92 Å². The van der Waals surface area contributed by atoms with E-state index in [1.165, 1.54) is 20.0 Å². The van der Waals surface area contributed by atoms with Crippen molar-refractivity contribution >= 4 is 28.2 Å². The molecule has 3 unspecified atom stereocenters. The molecular weight excluding hydrogens is 556 g/mol. The van der Waals surface area contributed by atoms with Crippen molar-refractivity contribution in [1.29, 1.82) is 0 Å². The molecule has 2 aromatic heterocycles. The number of halogens is 4. The zero-order valence-corrected chi connectivity index (χ0v) is 24.8. The minimum Gasteiger partial charge on any atom is -0.472 e. The van der Waals surface area contributed by atoms with Crippen LogP contribution in [0.5, 0.6) is 11.6 Å². The molecule has 4 rings (SSSR count). The van der Waals surface area contributed by atoms with E-state index in [9.17, 15) is 18.0 Å². The molecule has 42 heavy (non-hydrogen) atoms. The first-order valence-electron chi connectivity index (χ1n) is 13.9. The monoisotopic (exact) mass is 594 g/mol. The van der Waals surface area contributed by atoms with Crippen molar-refractivity contribution in [3.05, 3.63) is 35.3 Å². The first-order valence-corrected chi connectivity index (χ1v) is 13.9. The zero-order valence-electron chi connectivity index (χ0n) is 24.8. The quantitative estimate of drug-likeness (QED) is 0.186. The molecule has 1 aromatic carbocycles. The van der Waals surface area contributed by atoms with Gasteiger partial charge in [0.15, 0.2) is 5.82 Å². The molecule has 0 radical (unpaired) electrons. The van der Waals surface area contributed by atoms with Crippen LogP contribution >= 0.6 is 0 Å². The van der Waals surface area contributed by atoms with Crippen molar-refractivity contribution in [2.45, 2.75) is 78.9 Å². The van der Waals surface area contributed by atoms with Crippen LogP contribution in [0.1, 0.15) is 63.5 Å². The number of alkyl halides is 3. The van der Waals surface area contributed by atoms with E-state index in [0.717, 1.165) is 25.0 Å². The number of nitrogens with zero attached hydrogens (tertiary/aromatic N) is 2. The molecule has 1 amide bonds. The lowest BCUT2D eigenvalue weighted by atomic mass is 10.0. The Hall–Kier alpha value is -3.87. The van der Waals surface area contributed by atoms with Gasteiger partial charge in [-0.3, -0.25) is 4.79 Å². The Morgan fingerprint density at radius 2 is 1.93 bits per heavy atom. The topological polar surface area (TPSA) is 123 Å². The maximum absolute atomic E-state index is 16.4. The Balaban J connectivity index is 0.00000237. The number of ether oxygens (including phenoxy) is 2. The number of aryl methyl sites for hydroxylation is 1. The van der Waals surface area contributed by atoms with Gasteiger partial charge in [0, 0.05) is 36.3 Å². The van der Waals surface area contributed by atoms with Crippen LogP contribution in [0.25, 0.3) is 22.0 Å². The maximum Gasteiger partial charge on any atom is 0.573 e. The van der Waals surface area contributed by atoms with Gasteiger partial charge in [-0.1, -0.05) is 27.2 Å². The third-order valence-electron chi connectivity index (χ3n) is 6.82. The summed E-state index contributed by atoms with van der Waals surface area (Å²) in [6, 6.07) is 3.19. The van der Waals surface area contributed by atoms with Crippen LogP contribution in [-0.4, -0.2) is 54.0 Å². The highest BCUT2D eigenvalue weighted by Crippen LogP contribution is 2.44. The van der Waals surface area contributed by atoms with Crippen molar-refractivity contribution in [3.8, 4) is 22.9 Å². The second-order valence-electron chi connectivity index (χ2n) is 9.82. The number of pyridine rings is 2. The lowest BCUT2D eigenvalue weighted by Crippen LogP contribution is -2.45. The van der Waals surface area contributed by atoms with Gasteiger partial charge in [0.2, 0.25) is 5.88 Å². The van der Waals surface area contributed by atoms with E-state index in [2.05, 4.69) is 44.5 Å². The Morgan fingerprint density at radius 1 is 1.24 bits per heavy atom. The number of anilines is 2. The van der Waals surface area contributed by atoms with Gasteiger partial charge in [0.1, 0.15) is 29.1 Å². The molecule has 3 aromatic rings. The summed E-state index contributed by atoms with van der Waals surface area (Å²) in [5.74, 6) is -2.11. The maximum atomic E-state index is 16.4. The van der Waals surface area contributed by atoms with Gasteiger partial charge in [-0.25, -0.2) is 14.4 Å². The number of hydrogen-bond acceptors (Lipinski definition) is 8. The molecule has 3 heterocycles. The Bertz CT molecular complexity index is 1430. The Kier molecular flexibility index (Phi) is 10.4. The lowest BCUT2D eigenvalue weighted by molar-refractivity contribution is -0.274. The first-order chi connectivity index (χ1) is 19.8. The van der Waals surface area contributed by atoms with Gasteiger partial charge in [-0.05, 0) is 51.0 Å². The standard InChI is InChI=1S/C27H32F4N6O3.C2H6/c1-6-7-12(2)34-11-17-14(4)39-26-20-19(13(3)22(25(38)33-5)36-24(20)35-17)21(28)23(37-26)16-10-15(32)8-9-18(16)40-27(29,30)31;1-2/h8-10,12,14,17,34H,6-7,11,32H2,1-5H3,(H,33,38)(H,35,36);1-2H3. The summed E-state index contributed by atoms with van der Waals surface area (Å²) < 4.78 is 66.4. The summed E-state index contributed by atoms with van der Waals surface area (Å²) in [6.45, 7) is 11.9. The fourth-order valence-corrected chi connectivity index (χ4v) is 4.77. The SMILES string of the molecule is CC.CCCC(C)NCC1Nc2nc(C(=O)NC)c(C)c3c(F)c(-c4cc(N)ccc4OC(F)(F)F)nc(c23)OC1C. The number of benzene rings is 1. The molecule has 0 bridgehead atoms. The van der Waals surface area contributed by atoms with Crippen molar-refractivity contribution in [3.63, 3.8) is 0 Å². The van der Waals surface area contributed by atoms with E-state index in [4.69, 9.17) is 10.5 Å². The van der Waals surface area contributed by atoms with Crippen molar-refractivity contribution in [2.24, 2.45) is 0 Å². The van der Waals surface area contributed by atoms with Crippen LogP contribution < -0.4 is 31.2 Å². The van der Waals surface area contributed by atoms with Crippen LogP contribution in [-0.2, 0) is 0 Å². The molecular formula is C29H38F4N6O3. The van der Waals surface area contributed by atoms with Gasteiger partial charge in [-0.2, -0.15) is 0 Å². The highest BCUT2D eigenvalue weighted by Gasteiger charge is 2.35. The largest absolute Gasteiger partial charge is 0.573 e. The molecule has 1 aliphatic rings. The zero-order chi connectivity index (χ0) is 31.4. The lowest BCUT2D eigenvalue weighted by Gasteiger charge is -2.25. The van der Waals surface area contributed by atoms with E-state index in [-0.39, 0.29) is 57.1 Å². The normalized spacial score (nSPS) is 16.8. The number of nitrogen functional groups attached to an aromatic ring is 1. The molecule has 1 aliphatic heterocycles. The highest BCUT2D eigenvalue weighted by atomic mass is 19.4. The van der Waals surface area contributed by atoms with E-state index in [0.29, 0.717) is 6.54 Å². The van der Waals surface area contributed by atoms with E-state index in [1.807, 2.05) is 13.8 Å². The summed E-state index contributed by atoms with van der Waals surface area (Å²) in [4.78, 5) is 21.6. The summed E-state index contributed by atoms with van der Waals surface area (Å²) in [5, 5.41) is 9.30. The average molecular weight is 595 g/mol. The van der Waals surface area contributed by atoms with Crippen LogP contribution in [0, 0.1) is 12.7 Å². The molecule has 0 fully saturated rings. The number of carbonyl (C=O) groups excluding carboxylic acids is 1. The highest BCUT2D eigenvalue weighted by molar-refractivity contribution is 6.06. The molecule has 13 heteroatoms. The Labute approximate surface area is 242 Å². The number of nitrogens with one attached hydrogen (secondary N) is 3. The molecule has 3 atom stereocenters. The van der Waals surface area contributed by atoms with Gasteiger partial charge >= 0.3 is 6.36 Å². The summed E-state index contributed by atoms with van der Waals surface area (Å²) >= 11 is 0. The van der Waals surface area contributed by atoms with Crippen LogP contribution in [0.2, 0.25) is 0 Å². The number of hydrogen-bond donors (Lipinski definition) is 4. The number of rotatable bonds is 8. The van der Waals surface area contributed by atoms with Gasteiger partial charge in [-0.15, -0.1) is 13.2 Å². The van der Waals surface area contributed by atoms with E-state index >= 15 is 4.39 Å². The van der Waals surface area contributed by atoms with Crippen LogP contribution in [0.4, 0.5) is 29.1 Å². The third kappa shape index (κ3) is 6.94. The minimum atomic E-state index is -5.05. The van der Waals surface area contributed by atoms with Crippen LogP contribution in [0.3, 0.4) is 0 Å². The minimum absolute atomic E-state index is 0.0510. The predicted molar refractivity (Wildman–Crippen MR) is 155 cm³/mol. The van der Waals surface area contributed by atoms with Gasteiger partial charge in [0.25, 0.3) is 5.91 Å². The molecule has 0 saturated carbocycles. The number of amides is 1. The first kappa shape index (κ1) is 32.6. The number of carbonyl (C=O) groups is 1. The summed E-state index contributed by atoms with van der Waals surface area (Å²) in [5.41, 5.74) is 5.23. The number of nitrogens with two attached hydrogens (primary N) is 1. The summed E-state index contributed by atoms with van der Waals surface area (Å²) in [7, 11) is 1.42. The third-order valence-corrected chi connectivity index (χ3v) is 6.82. The fraction of sp³-hybridized carbons (Fsp3) is 0.483. The second kappa shape index (κ2) is 13.4. The van der Waals surface area contributed by atoms with Gasteiger partial charge < -0.3 is 31.2 Å². The van der Waals surface area contributed by atoms with Crippen molar-refractivity contribution in [2.75, 3.05) is 24.6 Å². The van der Waals surface area contributed by atoms with E-state index < -0.39 is 35.6 Å². The average Bonchev–Trinajstić information content (AvgIpc) is 3.07. The smallest absolute Gasteiger partial charge is 0.472 e. The molecule has 0 spiro atoms. The molecule has 5 N–H and O–H groups in total. The molecule has 9 nitrogen and oxygen atoms in total. The molecule has 0 aliphatic carbocycles. The van der Waals surface area contributed by atoms with Crippen molar-refractivity contribution in [1.82, 2.24) is 20.6 Å². The summed E-state index contributed by atoms with van der Waals surface area (Å²) in [6.07, 6.45) is -3.63. The van der Waals surface area contributed by atoms with Gasteiger partial charge in [0.05, 0.1) is 11.4 Å². The number of aromatic nitrogens is 2. The van der Waals surface area contributed by atoms with Crippen LogP contribution in [0.15, 0.2) is 18.2 Å². The fourth-order valence-electron chi connectivity index (χ4n) is 4.77. The predicted octanol–water partition coefficient (Wildman–Crippen LogP) is 5.95. The second-order valence-corrected chi connectivity index (χ2v) is 9.82. The Morgan fingerprint density at radius 3 is 2.55 bits per heavy atom.